The molecule has 0 N–H and O–H groups in total. The van der Waals surface area contributed by atoms with E-state index >= 15 is 0 Å². The first-order valence-electron chi connectivity index (χ1n) is 6.91. The van der Waals surface area contributed by atoms with Gasteiger partial charge in [-0.05, 0) is 36.4 Å². The summed E-state index contributed by atoms with van der Waals surface area (Å²) >= 11 is 0. The van der Waals surface area contributed by atoms with Crippen molar-refractivity contribution in [3.05, 3.63) is 47.5 Å². The molecule has 0 fully saturated rings. The number of benzene rings is 2. The van der Waals surface area contributed by atoms with Gasteiger partial charge in [-0.3, -0.25) is 0 Å². The Morgan fingerprint density at radius 2 is 1.48 bits per heavy atom. The Bertz CT molecular complexity index is 800. The summed E-state index contributed by atoms with van der Waals surface area (Å²) < 4.78 is 15.3. The van der Waals surface area contributed by atoms with E-state index in [0.29, 0.717) is 22.6 Å². The Hall–Kier alpha value is -3.02. The molecule has 6 nitrogen and oxygen atoms in total. The third-order valence-electron chi connectivity index (χ3n) is 3.70. The van der Waals surface area contributed by atoms with Gasteiger partial charge in [0, 0.05) is 7.05 Å². The third-order valence-corrected chi connectivity index (χ3v) is 3.70. The molecule has 6 heteroatoms. The highest BCUT2D eigenvalue weighted by molar-refractivity contribution is 5.94. The predicted molar refractivity (Wildman–Crippen MR) is 83.7 cm³/mol. The van der Waals surface area contributed by atoms with E-state index in [4.69, 9.17) is 14.2 Å². The average Bonchev–Trinajstić information content (AvgIpc) is 2.59. The van der Waals surface area contributed by atoms with Crippen molar-refractivity contribution in [3.63, 3.8) is 0 Å². The van der Waals surface area contributed by atoms with Crippen molar-refractivity contribution < 1.29 is 23.8 Å². The molecule has 1 aliphatic heterocycles. The number of anilines is 2. The number of fused-ring (bicyclic) bond motifs is 2. The lowest BCUT2D eigenvalue weighted by Crippen LogP contribution is -2.17. The van der Waals surface area contributed by atoms with Crippen molar-refractivity contribution >= 4 is 23.3 Å². The van der Waals surface area contributed by atoms with Gasteiger partial charge < -0.3 is 19.1 Å². The van der Waals surface area contributed by atoms with Gasteiger partial charge >= 0.3 is 11.9 Å². The normalized spacial score (nSPS) is 11.9. The summed E-state index contributed by atoms with van der Waals surface area (Å²) in [5.74, 6) is 0.308. The quantitative estimate of drug-likeness (QED) is 0.794. The Kier molecular flexibility index (Phi) is 3.65. The average molecular weight is 313 g/mol. The van der Waals surface area contributed by atoms with E-state index in [1.807, 2.05) is 11.9 Å². The highest BCUT2D eigenvalue weighted by atomic mass is 16.5. The molecule has 0 aromatic heterocycles. The molecule has 0 unspecified atom stereocenters. The summed E-state index contributed by atoms with van der Waals surface area (Å²) in [6, 6.07) is 10.1. The fourth-order valence-corrected chi connectivity index (χ4v) is 2.48. The smallest absolute Gasteiger partial charge is 0.337 e. The second-order valence-electron chi connectivity index (χ2n) is 5.01. The second-order valence-corrected chi connectivity index (χ2v) is 5.01. The molecule has 0 bridgehead atoms. The molecule has 1 heterocycles. The summed E-state index contributed by atoms with van der Waals surface area (Å²) in [4.78, 5) is 25.2. The first-order valence-corrected chi connectivity index (χ1v) is 6.91. The number of hydrogen-bond acceptors (Lipinski definition) is 6. The van der Waals surface area contributed by atoms with Crippen LogP contribution in [0.4, 0.5) is 11.4 Å². The van der Waals surface area contributed by atoms with E-state index in [1.54, 1.807) is 36.4 Å². The van der Waals surface area contributed by atoms with Crippen LogP contribution >= 0.6 is 0 Å². The molecule has 0 radical (unpaired) electrons. The molecule has 23 heavy (non-hydrogen) atoms. The van der Waals surface area contributed by atoms with Crippen molar-refractivity contribution in [1.82, 2.24) is 0 Å². The van der Waals surface area contributed by atoms with E-state index < -0.39 is 11.9 Å². The minimum atomic E-state index is -0.425. The van der Waals surface area contributed by atoms with Crippen LogP contribution in [0, 0.1) is 0 Å². The number of esters is 2. The van der Waals surface area contributed by atoms with Crippen molar-refractivity contribution in [2.75, 3.05) is 26.2 Å². The van der Waals surface area contributed by atoms with Gasteiger partial charge in [-0.15, -0.1) is 0 Å². The predicted octanol–water partition coefficient (Wildman–Crippen LogP) is 3.13. The third kappa shape index (κ3) is 2.48. The van der Waals surface area contributed by atoms with Gasteiger partial charge in [0.1, 0.15) is 0 Å². The first kappa shape index (κ1) is 14.9. The van der Waals surface area contributed by atoms with E-state index in [1.165, 1.54) is 14.2 Å². The number of ether oxygens (including phenoxy) is 3. The zero-order valence-corrected chi connectivity index (χ0v) is 13.0. The minimum absolute atomic E-state index is 0.409. The molecule has 0 spiro atoms. The molecule has 0 aliphatic carbocycles. The molecule has 3 rings (SSSR count). The van der Waals surface area contributed by atoms with Crippen molar-refractivity contribution in [1.29, 1.82) is 0 Å². The standard InChI is InChI=1S/C17H15NO5/c1-18-12-6-4-11(17(20)22-3)9-15(12)23-14-7-5-10(8-13(14)18)16(19)21-2/h4-9H,1-3H3. The van der Waals surface area contributed by atoms with Gasteiger partial charge in [0.15, 0.2) is 11.5 Å². The first-order chi connectivity index (χ1) is 11.0. The highest BCUT2D eigenvalue weighted by Crippen LogP contribution is 2.46. The van der Waals surface area contributed by atoms with Crippen molar-refractivity contribution in [3.8, 4) is 11.5 Å². The SMILES string of the molecule is COC(=O)c1ccc2c(c1)Oc1ccc(C(=O)OC)cc1N2C. The van der Waals surface area contributed by atoms with Crippen LogP contribution in [0.3, 0.4) is 0 Å². The summed E-state index contributed by atoms with van der Waals surface area (Å²) in [6.07, 6.45) is 0. The van der Waals surface area contributed by atoms with Crippen LogP contribution in [0.1, 0.15) is 20.7 Å². The van der Waals surface area contributed by atoms with Gasteiger partial charge in [-0.2, -0.15) is 0 Å². The van der Waals surface area contributed by atoms with Gasteiger partial charge in [0.05, 0.1) is 36.7 Å². The molecular formula is C17H15NO5. The van der Waals surface area contributed by atoms with E-state index in [0.717, 1.165) is 11.4 Å². The minimum Gasteiger partial charge on any atom is -0.465 e. The van der Waals surface area contributed by atoms with E-state index in [9.17, 15) is 9.59 Å². The number of rotatable bonds is 2. The van der Waals surface area contributed by atoms with Gasteiger partial charge in [0.25, 0.3) is 0 Å². The molecule has 1 aliphatic rings. The molecule has 0 amide bonds. The maximum atomic E-state index is 11.7. The van der Waals surface area contributed by atoms with Crippen molar-refractivity contribution in [2.45, 2.75) is 0 Å². The van der Waals surface area contributed by atoms with E-state index in [2.05, 4.69) is 0 Å². The number of nitrogens with zero attached hydrogens (tertiary/aromatic N) is 1. The van der Waals surface area contributed by atoms with Gasteiger partial charge in [0.2, 0.25) is 0 Å². The maximum absolute atomic E-state index is 11.7. The molecule has 0 atom stereocenters. The molecule has 0 saturated carbocycles. The summed E-state index contributed by atoms with van der Waals surface area (Å²) in [7, 11) is 4.53. The molecule has 0 saturated heterocycles. The Morgan fingerprint density at radius 1 is 0.870 bits per heavy atom. The number of carbonyl (C=O) groups is 2. The summed E-state index contributed by atoms with van der Waals surface area (Å²) in [6.45, 7) is 0. The van der Waals surface area contributed by atoms with Crippen LogP contribution < -0.4 is 9.64 Å². The largest absolute Gasteiger partial charge is 0.465 e. The van der Waals surface area contributed by atoms with Gasteiger partial charge in [-0.25, -0.2) is 9.59 Å². The summed E-state index contributed by atoms with van der Waals surface area (Å²) in [5.41, 5.74) is 2.38. The number of carbonyl (C=O) groups excluding carboxylic acids is 2. The maximum Gasteiger partial charge on any atom is 0.337 e. The van der Waals surface area contributed by atoms with Gasteiger partial charge in [-0.1, -0.05) is 0 Å². The molecule has 2 aromatic carbocycles. The Balaban J connectivity index is 2.03. The highest BCUT2D eigenvalue weighted by Gasteiger charge is 2.24. The van der Waals surface area contributed by atoms with Crippen LogP contribution in [0.15, 0.2) is 36.4 Å². The second kappa shape index (κ2) is 5.64. The lowest BCUT2D eigenvalue weighted by Gasteiger charge is -2.30. The molecule has 118 valence electrons. The fraction of sp³-hybridized carbons (Fsp3) is 0.176. The van der Waals surface area contributed by atoms with Crippen LogP contribution in [0.25, 0.3) is 0 Å². The van der Waals surface area contributed by atoms with Crippen LogP contribution in [0.5, 0.6) is 11.5 Å². The van der Waals surface area contributed by atoms with Crippen LogP contribution in [-0.2, 0) is 9.47 Å². The number of hydrogen-bond donors (Lipinski definition) is 0. The van der Waals surface area contributed by atoms with E-state index in [-0.39, 0.29) is 0 Å². The monoisotopic (exact) mass is 313 g/mol. The van der Waals surface area contributed by atoms with Crippen LogP contribution in [0.2, 0.25) is 0 Å². The number of methoxy groups -OCH3 is 2. The summed E-state index contributed by atoms with van der Waals surface area (Å²) in [5, 5.41) is 0. The Labute approximate surface area is 133 Å². The van der Waals surface area contributed by atoms with Crippen molar-refractivity contribution in [2.24, 2.45) is 0 Å². The topological polar surface area (TPSA) is 65.1 Å². The Morgan fingerprint density at radius 3 is 2.13 bits per heavy atom. The lowest BCUT2D eigenvalue weighted by atomic mass is 10.1. The fourth-order valence-electron chi connectivity index (χ4n) is 2.48. The van der Waals surface area contributed by atoms with Crippen LogP contribution in [-0.4, -0.2) is 33.2 Å². The molecule has 2 aromatic rings. The zero-order valence-electron chi connectivity index (χ0n) is 13.0. The lowest BCUT2D eigenvalue weighted by molar-refractivity contribution is 0.0591. The zero-order chi connectivity index (χ0) is 16.6. The molecular weight excluding hydrogens is 298 g/mol.